The lowest BCUT2D eigenvalue weighted by Gasteiger charge is -2.36. The highest BCUT2D eigenvalue weighted by molar-refractivity contribution is 14.0. The lowest BCUT2D eigenvalue weighted by molar-refractivity contribution is -0.00545. The van der Waals surface area contributed by atoms with Crippen LogP contribution in [0.2, 0.25) is 5.02 Å². The van der Waals surface area contributed by atoms with Gasteiger partial charge in [0.25, 0.3) is 0 Å². The Kier molecular flexibility index (Phi) is 10.8. The molecule has 0 spiro atoms. The largest absolute Gasteiger partial charge is 0.372 e. The number of benzene rings is 1. The fourth-order valence-electron chi connectivity index (χ4n) is 3.59. The number of hydrogen-bond acceptors (Lipinski definition) is 4. The first kappa shape index (κ1) is 25.7. The Labute approximate surface area is 207 Å². The molecule has 170 valence electrons. The Morgan fingerprint density at radius 3 is 2.55 bits per heavy atom. The van der Waals surface area contributed by atoms with E-state index in [0.717, 1.165) is 60.5 Å². The molecule has 2 unspecified atom stereocenters. The topological polar surface area (TPSA) is 61.8 Å². The minimum absolute atomic E-state index is 0. The van der Waals surface area contributed by atoms with Crippen LogP contribution in [0.4, 0.5) is 5.82 Å². The summed E-state index contributed by atoms with van der Waals surface area (Å²) in [6.45, 7) is 10.2. The van der Waals surface area contributed by atoms with Crippen molar-refractivity contribution in [3.63, 3.8) is 0 Å². The van der Waals surface area contributed by atoms with E-state index in [1.165, 1.54) is 0 Å². The maximum Gasteiger partial charge on any atom is 0.191 e. The Balaban J connectivity index is 0.00000341. The minimum Gasteiger partial charge on any atom is -0.372 e. The van der Waals surface area contributed by atoms with Crippen LogP contribution in [0, 0.1) is 0 Å². The Morgan fingerprint density at radius 2 is 1.90 bits per heavy atom. The van der Waals surface area contributed by atoms with Crippen molar-refractivity contribution in [3.8, 4) is 0 Å². The molecule has 0 saturated carbocycles. The van der Waals surface area contributed by atoms with Gasteiger partial charge in [-0.1, -0.05) is 35.9 Å². The van der Waals surface area contributed by atoms with Gasteiger partial charge in [-0.15, -0.1) is 24.0 Å². The molecule has 2 aromatic rings. The van der Waals surface area contributed by atoms with E-state index < -0.39 is 0 Å². The molecular weight excluding hydrogens is 525 g/mol. The number of aliphatic imine (C=N–C) groups is 1. The summed E-state index contributed by atoms with van der Waals surface area (Å²) in [6, 6.07) is 12.1. The molecule has 6 nitrogen and oxygen atoms in total. The number of guanidine groups is 1. The van der Waals surface area contributed by atoms with Crippen LogP contribution in [-0.2, 0) is 17.7 Å². The zero-order valence-corrected chi connectivity index (χ0v) is 21.6. The van der Waals surface area contributed by atoms with Crippen LogP contribution in [0.3, 0.4) is 0 Å². The van der Waals surface area contributed by atoms with E-state index in [2.05, 4.69) is 59.5 Å². The molecule has 0 amide bonds. The second-order valence-electron chi connectivity index (χ2n) is 7.65. The highest BCUT2D eigenvalue weighted by Crippen LogP contribution is 2.18. The zero-order valence-electron chi connectivity index (χ0n) is 18.5. The summed E-state index contributed by atoms with van der Waals surface area (Å²) >= 11 is 6.24. The summed E-state index contributed by atoms with van der Waals surface area (Å²) in [6.07, 6.45) is 3.20. The van der Waals surface area contributed by atoms with Gasteiger partial charge in [-0.25, -0.2) is 9.98 Å². The maximum absolute atomic E-state index is 6.24. The van der Waals surface area contributed by atoms with Crippen LogP contribution in [0.1, 0.15) is 31.9 Å². The second-order valence-corrected chi connectivity index (χ2v) is 8.06. The number of morpholine rings is 1. The number of ether oxygens (including phenoxy) is 1. The smallest absolute Gasteiger partial charge is 0.191 e. The Bertz CT molecular complexity index is 823. The van der Waals surface area contributed by atoms with Crippen molar-refractivity contribution in [3.05, 3.63) is 58.7 Å². The fraction of sp³-hybridized carbons (Fsp3) is 0.478. The molecule has 0 bridgehead atoms. The summed E-state index contributed by atoms with van der Waals surface area (Å²) in [5.74, 6) is 1.79. The molecule has 2 heterocycles. The quantitative estimate of drug-likeness (QED) is 0.303. The number of nitrogens with one attached hydrogen (secondary N) is 2. The van der Waals surface area contributed by atoms with Crippen LogP contribution in [0.15, 0.2) is 47.6 Å². The van der Waals surface area contributed by atoms with E-state index in [1.807, 2.05) is 24.4 Å². The molecule has 2 N–H and O–H groups in total. The number of aromatic nitrogens is 1. The molecule has 1 aliphatic rings. The van der Waals surface area contributed by atoms with Gasteiger partial charge in [0.1, 0.15) is 5.82 Å². The molecule has 31 heavy (non-hydrogen) atoms. The molecule has 0 radical (unpaired) electrons. The third-order valence-corrected chi connectivity index (χ3v) is 5.33. The molecule has 3 rings (SSSR count). The summed E-state index contributed by atoms with van der Waals surface area (Å²) < 4.78 is 5.81. The van der Waals surface area contributed by atoms with Crippen LogP contribution in [0.5, 0.6) is 0 Å². The van der Waals surface area contributed by atoms with Gasteiger partial charge < -0.3 is 20.3 Å². The van der Waals surface area contributed by atoms with Crippen LogP contribution in [-0.4, -0.2) is 49.3 Å². The zero-order chi connectivity index (χ0) is 21.3. The van der Waals surface area contributed by atoms with E-state index in [-0.39, 0.29) is 36.2 Å². The second kappa shape index (κ2) is 13.1. The van der Waals surface area contributed by atoms with E-state index in [9.17, 15) is 0 Å². The first-order valence-electron chi connectivity index (χ1n) is 10.7. The number of hydrogen-bond donors (Lipinski definition) is 2. The van der Waals surface area contributed by atoms with Crippen molar-refractivity contribution in [1.82, 2.24) is 15.6 Å². The van der Waals surface area contributed by atoms with E-state index in [4.69, 9.17) is 21.3 Å². The van der Waals surface area contributed by atoms with Gasteiger partial charge in [-0.3, -0.25) is 0 Å². The van der Waals surface area contributed by atoms with Crippen molar-refractivity contribution < 1.29 is 4.74 Å². The first-order chi connectivity index (χ1) is 14.5. The van der Waals surface area contributed by atoms with Gasteiger partial charge in [0.2, 0.25) is 0 Å². The highest BCUT2D eigenvalue weighted by atomic mass is 127. The molecular formula is C23H33ClIN5O. The highest BCUT2D eigenvalue weighted by Gasteiger charge is 2.22. The average Bonchev–Trinajstić information content (AvgIpc) is 2.73. The number of rotatable bonds is 7. The molecule has 1 aliphatic heterocycles. The van der Waals surface area contributed by atoms with Crippen molar-refractivity contribution in [2.75, 3.05) is 31.1 Å². The Hall–Kier alpha value is -1.58. The lowest BCUT2D eigenvalue weighted by Crippen LogP contribution is -2.45. The number of pyridine rings is 1. The van der Waals surface area contributed by atoms with Gasteiger partial charge in [-0.2, -0.15) is 0 Å². The lowest BCUT2D eigenvalue weighted by atomic mass is 10.1. The van der Waals surface area contributed by atoms with Crippen LogP contribution < -0.4 is 15.5 Å². The summed E-state index contributed by atoms with van der Waals surface area (Å²) in [5.41, 5.74) is 2.21. The molecule has 8 heteroatoms. The third kappa shape index (κ3) is 8.12. The Morgan fingerprint density at radius 1 is 1.16 bits per heavy atom. The molecule has 1 aromatic heterocycles. The monoisotopic (exact) mass is 557 g/mol. The fourth-order valence-corrected chi connectivity index (χ4v) is 3.82. The van der Waals surface area contributed by atoms with Gasteiger partial charge in [0.05, 0.1) is 18.8 Å². The van der Waals surface area contributed by atoms with Crippen molar-refractivity contribution in [2.24, 2.45) is 4.99 Å². The summed E-state index contributed by atoms with van der Waals surface area (Å²) in [5, 5.41) is 7.47. The third-order valence-electron chi connectivity index (χ3n) is 4.96. The van der Waals surface area contributed by atoms with Crippen molar-refractivity contribution in [1.29, 1.82) is 0 Å². The van der Waals surface area contributed by atoms with Crippen molar-refractivity contribution >= 4 is 47.4 Å². The van der Waals surface area contributed by atoms with Gasteiger partial charge >= 0.3 is 0 Å². The molecule has 2 atom stereocenters. The molecule has 1 aromatic carbocycles. The summed E-state index contributed by atoms with van der Waals surface area (Å²) in [4.78, 5) is 11.6. The van der Waals surface area contributed by atoms with Crippen molar-refractivity contribution in [2.45, 2.75) is 45.9 Å². The van der Waals surface area contributed by atoms with Gasteiger partial charge in [-0.05, 0) is 50.5 Å². The number of nitrogens with zero attached hydrogens (tertiary/aromatic N) is 3. The first-order valence-corrected chi connectivity index (χ1v) is 11.0. The van der Waals surface area contributed by atoms with Crippen LogP contribution in [0.25, 0.3) is 0 Å². The molecule has 1 fully saturated rings. The number of halogens is 2. The van der Waals surface area contributed by atoms with Crippen LogP contribution >= 0.6 is 35.6 Å². The SMILES string of the molecule is CCNC(=NCc1ccc(N2CC(C)OC(C)C2)nc1)NCCc1ccccc1Cl.I. The molecule has 1 saturated heterocycles. The summed E-state index contributed by atoms with van der Waals surface area (Å²) in [7, 11) is 0. The predicted molar refractivity (Wildman–Crippen MR) is 140 cm³/mol. The maximum atomic E-state index is 6.24. The average molecular weight is 558 g/mol. The number of anilines is 1. The van der Waals surface area contributed by atoms with E-state index in [1.54, 1.807) is 0 Å². The standard InChI is InChI=1S/C23H32ClN5O.HI/c1-4-25-23(26-12-11-20-7-5-6-8-21(20)24)28-14-19-9-10-22(27-13-19)29-15-17(2)30-18(3)16-29;/h5-10,13,17-18H,4,11-12,14-16H2,1-3H3,(H2,25,26,28);1H. The normalized spacial score (nSPS) is 19.0. The van der Waals surface area contributed by atoms with E-state index >= 15 is 0 Å². The predicted octanol–water partition coefficient (Wildman–Crippen LogP) is 4.26. The van der Waals surface area contributed by atoms with E-state index in [0.29, 0.717) is 6.54 Å². The van der Waals surface area contributed by atoms with Gasteiger partial charge in [0.15, 0.2) is 5.96 Å². The van der Waals surface area contributed by atoms with Gasteiger partial charge in [0, 0.05) is 37.4 Å². The minimum atomic E-state index is 0. The molecule has 0 aliphatic carbocycles.